The van der Waals surface area contributed by atoms with Crippen LogP contribution in [0.5, 0.6) is 5.75 Å². The molecule has 2 unspecified atom stereocenters. The van der Waals surface area contributed by atoms with Crippen LogP contribution in [0.2, 0.25) is 0 Å². The van der Waals surface area contributed by atoms with E-state index in [0.717, 1.165) is 25.9 Å². The number of hydrogen-bond donors (Lipinski definition) is 2. The molecular weight excluding hydrogens is 440 g/mol. The van der Waals surface area contributed by atoms with Crippen molar-refractivity contribution in [3.63, 3.8) is 0 Å². The molecule has 6 heteroatoms. The Morgan fingerprint density at radius 2 is 1.83 bits per heavy atom. The molecule has 1 saturated heterocycles. The Morgan fingerprint density at radius 3 is 2.57 bits per heavy atom. The number of Topliss-reactive ketones (excluding diaryl/α,β-unsaturated/α-hetero) is 1. The number of benzene rings is 3. The van der Waals surface area contributed by atoms with Crippen LogP contribution in [0, 0.1) is 0 Å². The molecule has 1 amide bonds. The van der Waals surface area contributed by atoms with E-state index in [1.807, 2.05) is 18.2 Å². The van der Waals surface area contributed by atoms with Crippen molar-refractivity contribution in [2.45, 2.75) is 37.5 Å². The van der Waals surface area contributed by atoms with Crippen molar-refractivity contribution in [1.82, 2.24) is 10.4 Å². The van der Waals surface area contributed by atoms with Gasteiger partial charge >= 0.3 is 0 Å². The number of piperidine rings is 1. The van der Waals surface area contributed by atoms with Crippen LogP contribution in [0.15, 0.2) is 84.9 Å². The van der Waals surface area contributed by atoms with Gasteiger partial charge in [-0.3, -0.25) is 19.7 Å². The van der Waals surface area contributed by atoms with Gasteiger partial charge in [-0.05, 0) is 34.9 Å². The van der Waals surface area contributed by atoms with E-state index in [2.05, 4.69) is 53.4 Å². The Morgan fingerprint density at radius 1 is 1.09 bits per heavy atom. The monoisotopic (exact) mass is 468 g/mol. The minimum absolute atomic E-state index is 0.0523. The second-order valence-electron chi connectivity index (χ2n) is 9.29. The highest BCUT2D eigenvalue weighted by molar-refractivity contribution is 6.01. The summed E-state index contributed by atoms with van der Waals surface area (Å²) in [6.07, 6.45) is 4.59. The molecule has 0 aliphatic carbocycles. The molecule has 1 spiro atoms. The first-order valence-corrected chi connectivity index (χ1v) is 11.9. The highest BCUT2D eigenvalue weighted by Gasteiger charge is 2.46. The number of hydroxylamine groups is 1. The van der Waals surface area contributed by atoms with E-state index in [9.17, 15) is 9.59 Å². The predicted molar refractivity (Wildman–Crippen MR) is 133 cm³/mol. The van der Waals surface area contributed by atoms with Crippen LogP contribution in [0.3, 0.4) is 0 Å². The van der Waals surface area contributed by atoms with E-state index >= 15 is 0 Å². The summed E-state index contributed by atoms with van der Waals surface area (Å²) in [6, 6.07) is 26.4. The first kappa shape index (κ1) is 23.0. The van der Waals surface area contributed by atoms with Crippen molar-refractivity contribution >= 4 is 17.8 Å². The molecule has 6 nitrogen and oxygen atoms in total. The van der Waals surface area contributed by atoms with Gasteiger partial charge in [-0.1, -0.05) is 66.7 Å². The molecule has 3 aromatic carbocycles. The van der Waals surface area contributed by atoms with Crippen molar-refractivity contribution in [3.05, 3.63) is 107 Å². The number of nitrogens with zero attached hydrogens (tertiary/aromatic N) is 1. The van der Waals surface area contributed by atoms with Gasteiger partial charge < -0.3 is 4.74 Å². The lowest BCUT2D eigenvalue weighted by atomic mass is 9.77. The lowest BCUT2D eigenvalue weighted by Gasteiger charge is -2.48. The van der Waals surface area contributed by atoms with Gasteiger partial charge in [0.2, 0.25) is 0 Å². The second-order valence-corrected chi connectivity index (χ2v) is 9.29. The number of carbonyl (C=O) groups is 2. The first-order chi connectivity index (χ1) is 17.0. The standard InChI is InChI=1S/C29H28N2O4/c32-26-19-29(35-27-13-11-21(17-24(26)27)12-14-28(33)30-34)15-16-31(20-22-7-3-1-4-8-22)25(18-29)23-9-5-2-6-10-23/h1-14,17,25,34H,15-16,18-20H2,(H,30,33). The quantitative estimate of drug-likeness (QED) is 0.315. The van der Waals surface area contributed by atoms with Gasteiger partial charge in [-0.25, -0.2) is 5.48 Å². The number of hydrogen-bond acceptors (Lipinski definition) is 5. The van der Waals surface area contributed by atoms with E-state index in [0.29, 0.717) is 23.3 Å². The Kier molecular flexibility index (Phi) is 6.49. The van der Waals surface area contributed by atoms with Gasteiger partial charge in [0.1, 0.15) is 11.4 Å². The fourth-order valence-corrected chi connectivity index (χ4v) is 5.18. The summed E-state index contributed by atoms with van der Waals surface area (Å²) in [6.45, 7) is 1.67. The topological polar surface area (TPSA) is 78.9 Å². The number of fused-ring (bicyclic) bond motifs is 1. The predicted octanol–water partition coefficient (Wildman–Crippen LogP) is 4.95. The maximum Gasteiger partial charge on any atom is 0.267 e. The van der Waals surface area contributed by atoms with Crippen LogP contribution < -0.4 is 10.2 Å². The van der Waals surface area contributed by atoms with Crippen molar-refractivity contribution in [3.8, 4) is 5.75 Å². The van der Waals surface area contributed by atoms with Crippen LogP contribution in [0.4, 0.5) is 0 Å². The van der Waals surface area contributed by atoms with Crippen LogP contribution in [-0.4, -0.2) is 33.9 Å². The van der Waals surface area contributed by atoms with Gasteiger partial charge in [0.15, 0.2) is 5.78 Å². The van der Waals surface area contributed by atoms with E-state index in [1.54, 1.807) is 23.7 Å². The molecule has 0 saturated carbocycles. The third-order valence-electron chi connectivity index (χ3n) is 6.92. The molecule has 35 heavy (non-hydrogen) atoms. The molecule has 178 valence electrons. The van der Waals surface area contributed by atoms with Crippen molar-refractivity contribution in [2.75, 3.05) is 6.54 Å². The fourth-order valence-electron chi connectivity index (χ4n) is 5.18. The SMILES string of the molecule is O=C(C=Cc1ccc2c(c1)C(=O)CC1(CCN(Cc3ccccc3)C(c3ccccc3)C1)O2)NO. The zero-order valence-electron chi connectivity index (χ0n) is 19.4. The number of carbonyl (C=O) groups excluding carboxylic acids is 2. The fraction of sp³-hybridized carbons (Fsp3) is 0.241. The molecule has 2 N–H and O–H groups in total. The molecule has 3 aromatic rings. The third kappa shape index (κ3) is 5.04. The molecule has 2 heterocycles. The molecule has 2 aliphatic rings. The smallest absolute Gasteiger partial charge is 0.267 e. The Balaban J connectivity index is 1.41. The first-order valence-electron chi connectivity index (χ1n) is 11.9. The average molecular weight is 469 g/mol. The maximum atomic E-state index is 13.3. The number of amides is 1. The Labute approximate surface area is 204 Å². The summed E-state index contributed by atoms with van der Waals surface area (Å²) >= 11 is 0. The Bertz CT molecular complexity index is 1240. The summed E-state index contributed by atoms with van der Waals surface area (Å²) < 4.78 is 6.59. The van der Waals surface area contributed by atoms with Gasteiger partial charge in [-0.15, -0.1) is 0 Å². The maximum absolute atomic E-state index is 13.3. The summed E-state index contributed by atoms with van der Waals surface area (Å²) in [7, 11) is 0. The van der Waals surface area contributed by atoms with Gasteiger partial charge in [0.05, 0.1) is 12.0 Å². The van der Waals surface area contributed by atoms with Gasteiger partial charge in [0.25, 0.3) is 5.91 Å². The van der Waals surface area contributed by atoms with Crippen LogP contribution in [0.25, 0.3) is 6.08 Å². The molecule has 5 rings (SSSR count). The summed E-state index contributed by atoms with van der Waals surface area (Å²) in [4.78, 5) is 27.1. The normalized spacial score (nSPS) is 22.1. The van der Waals surface area contributed by atoms with Gasteiger partial charge in [-0.2, -0.15) is 0 Å². The highest BCUT2D eigenvalue weighted by atomic mass is 16.5. The van der Waals surface area contributed by atoms with Crippen LogP contribution in [0.1, 0.15) is 52.4 Å². The van der Waals surface area contributed by atoms with Gasteiger partial charge in [0, 0.05) is 38.0 Å². The summed E-state index contributed by atoms with van der Waals surface area (Å²) in [5.74, 6) is 0.0169. The number of rotatable bonds is 5. The molecule has 0 radical (unpaired) electrons. The van der Waals surface area contributed by atoms with Crippen LogP contribution >= 0.6 is 0 Å². The number of ether oxygens (including phenoxy) is 1. The Hall–Kier alpha value is -3.74. The number of nitrogens with one attached hydrogen (secondary N) is 1. The summed E-state index contributed by atoms with van der Waals surface area (Å²) in [5, 5.41) is 8.66. The van der Waals surface area contributed by atoms with Crippen molar-refractivity contribution in [1.29, 1.82) is 0 Å². The minimum atomic E-state index is -0.626. The summed E-state index contributed by atoms with van der Waals surface area (Å²) in [5.41, 5.74) is 4.74. The van der Waals surface area contributed by atoms with Crippen LogP contribution in [-0.2, 0) is 11.3 Å². The van der Waals surface area contributed by atoms with E-state index in [4.69, 9.17) is 9.94 Å². The largest absolute Gasteiger partial charge is 0.486 e. The van der Waals surface area contributed by atoms with Crippen molar-refractivity contribution < 1.29 is 19.5 Å². The minimum Gasteiger partial charge on any atom is -0.486 e. The lowest BCUT2D eigenvalue weighted by molar-refractivity contribution is -0.124. The van der Waals surface area contributed by atoms with E-state index in [-0.39, 0.29) is 11.8 Å². The molecule has 1 fully saturated rings. The zero-order valence-corrected chi connectivity index (χ0v) is 19.4. The van der Waals surface area contributed by atoms with E-state index < -0.39 is 11.5 Å². The number of likely N-dealkylation sites (tertiary alicyclic amines) is 1. The molecular formula is C29H28N2O4. The molecule has 2 atom stereocenters. The highest BCUT2D eigenvalue weighted by Crippen LogP contribution is 2.45. The van der Waals surface area contributed by atoms with E-state index in [1.165, 1.54) is 17.2 Å². The molecule has 0 bridgehead atoms. The second kappa shape index (κ2) is 9.86. The zero-order chi connectivity index (χ0) is 24.3. The lowest BCUT2D eigenvalue weighted by Crippen LogP contribution is -2.52. The third-order valence-corrected chi connectivity index (χ3v) is 6.92. The van der Waals surface area contributed by atoms with Crippen molar-refractivity contribution in [2.24, 2.45) is 0 Å². The number of ketones is 1. The molecule has 2 aliphatic heterocycles. The molecule has 0 aromatic heterocycles. The average Bonchev–Trinajstić information content (AvgIpc) is 2.90.